The molecule has 1 aliphatic rings. The first-order valence-corrected chi connectivity index (χ1v) is 5.38. The second-order valence-electron chi connectivity index (χ2n) is 3.16. The van der Waals surface area contributed by atoms with Gasteiger partial charge in [-0.05, 0) is 13.8 Å². The van der Waals surface area contributed by atoms with Gasteiger partial charge in [0.15, 0.2) is 4.87 Å². The van der Waals surface area contributed by atoms with E-state index in [0.717, 1.165) is 0 Å². The van der Waals surface area contributed by atoms with Crippen molar-refractivity contribution < 1.29 is 4.79 Å². The summed E-state index contributed by atoms with van der Waals surface area (Å²) in [5, 5.41) is 0. The quantitative estimate of drug-likeness (QED) is 0.698. The summed E-state index contributed by atoms with van der Waals surface area (Å²) < 4.78 is -1.08. The van der Waals surface area contributed by atoms with Crippen LogP contribution in [0.25, 0.3) is 0 Å². The smallest absolute Gasteiger partial charge is 0.246 e. The van der Waals surface area contributed by atoms with Crippen LogP contribution >= 0.6 is 34.8 Å². The molecule has 1 atom stereocenters. The summed E-state index contributed by atoms with van der Waals surface area (Å²) in [4.78, 5) is 12.3. The number of rotatable bonds is 3. The molecule has 1 unspecified atom stereocenters. The lowest BCUT2D eigenvalue weighted by atomic mass is 10.3. The van der Waals surface area contributed by atoms with E-state index in [4.69, 9.17) is 34.8 Å². The van der Waals surface area contributed by atoms with Crippen LogP contribution in [0.4, 0.5) is 0 Å². The van der Waals surface area contributed by atoms with Gasteiger partial charge < -0.3 is 4.90 Å². The molecule has 1 aliphatic carbocycles. The topological polar surface area (TPSA) is 20.3 Å². The first kappa shape index (κ1) is 11.4. The molecule has 1 fully saturated rings. The standard InChI is InChI=1S/C8H12Cl3NO/c1-3-12(4-2)6(13)7(9)5-8(7,10)11/h3-5H2,1-2H3. The molecule has 76 valence electrons. The second kappa shape index (κ2) is 3.48. The van der Waals surface area contributed by atoms with E-state index in [2.05, 4.69) is 0 Å². The maximum Gasteiger partial charge on any atom is 0.246 e. The number of halogens is 3. The highest BCUT2D eigenvalue weighted by Crippen LogP contribution is 2.62. The van der Waals surface area contributed by atoms with Gasteiger partial charge in [-0.25, -0.2) is 0 Å². The van der Waals surface area contributed by atoms with E-state index in [1.165, 1.54) is 0 Å². The van der Waals surface area contributed by atoms with Crippen LogP contribution in [-0.4, -0.2) is 33.1 Å². The summed E-state index contributed by atoms with van der Waals surface area (Å²) in [6.45, 7) is 5.06. The summed E-state index contributed by atoms with van der Waals surface area (Å²) >= 11 is 17.6. The molecule has 1 saturated carbocycles. The van der Waals surface area contributed by atoms with Gasteiger partial charge in [-0.2, -0.15) is 0 Å². The van der Waals surface area contributed by atoms with Crippen LogP contribution in [0.1, 0.15) is 20.3 Å². The molecule has 0 spiro atoms. The number of hydrogen-bond donors (Lipinski definition) is 0. The average molecular weight is 245 g/mol. The number of hydrogen-bond acceptors (Lipinski definition) is 1. The Morgan fingerprint density at radius 1 is 1.31 bits per heavy atom. The molecule has 0 saturated heterocycles. The van der Waals surface area contributed by atoms with Crippen LogP contribution in [0.5, 0.6) is 0 Å². The van der Waals surface area contributed by atoms with Gasteiger partial charge in [0.2, 0.25) is 5.91 Å². The van der Waals surface area contributed by atoms with Gasteiger partial charge in [0.05, 0.1) is 0 Å². The van der Waals surface area contributed by atoms with Crippen LogP contribution in [0, 0.1) is 0 Å². The molecule has 0 bridgehead atoms. The lowest BCUT2D eigenvalue weighted by Crippen LogP contribution is -2.40. The SMILES string of the molecule is CCN(CC)C(=O)C1(Cl)CC1(Cl)Cl. The van der Waals surface area contributed by atoms with Crippen molar-refractivity contribution in [3.8, 4) is 0 Å². The minimum Gasteiger partial charge on any atom is -0.342 e. The summed E-state index contributed by atoms with van der Waals surface area (Å²) in [5.74, 6) is -0.163. The largest absolute Gasteiger partial charge is 0.342 e. The molecular formula is C8H12Cl3NO. The summed E-state index contributed by atoms with van der Waals surface area (Å²) in [7, 11) is 0. The fourth-order valence-corrected chi connectivity index (χ4v) is 2.27. The first-order chi connectivity index (χ1) is 5.89. The van der Waals surface area contributed by atoms with E-state index >= 15 is 0 Å². The van der Waals surface area contributed by atoms with Gasteiger partial charge in [0, 0.05) is 19.5 Å². The van der Waals surface area contributed by atoms with E-state index < -0.39 is 9.21 Å². The zero-order valence-electron chi connectivity index (χ0n) is 7.61. The Morgan fingerprint density at radius 3 is 1.92 bits per heavy atom. The predicted molar refractivity (Wildman–Crippen MR) is 55.6 cm³/mol. The van der Waals surface area contributed by atoms with Gasteiger partial charge in [-0.15, -0.1) is 11.6 Å². The number of alkyl halides is 3. The predicted octanol–water partition coefficient (Wildman–Crippen LogP) is 2.41. The zero-order chi connectivity index (χ0) is 10.3. The Hall–Kier alpha value is 0.340. The third kappa shape index (κ3) is 1.77. The Morgan fingerprint density at radius 2 is 1.69 bits per heavy atom. The van der Waals surface area contributed by atoms with Crippen molar-refractivity contribution >= 4 is 40.7 Å². The molecular weight excluding hydrogens is 232 g/mol. The van der Waals surface area contributed by atoms with Crippen molar-refractivity contribution in [2.24, 2.45) is 0 Å². The van der Waals surface area contributed by atoms with E-state index in [1.807, 2.05) is 13.8 Å². The molecule has 1 amide bonds. The highest BCUT2D eigenvalue weighted by Gasteiger charge is 2.71. The average Bonchev–Trinajstić information content (AvgIpc) is 2.55. The minimum atomic E-state index is -1.08. The molecule has 13 heavy (non-hydrogen) atoms. The fraction of sp³-hybridized carbons (Fsp3) is 0.875. The highest BCUT2D eigenvalue weighted by atomic mass is 35.5. The fourth-order valence-electron chi connectivity index (χ4n) is 1.26. The second-order valence-corrected chi connectivity index (χ2v) is 5.29. The molecule has 1 rings (SSSR count). The lowest BCUT2D eigenvalue weighted by molar-refractivity contribution is -0.131. The maximum absolute atomic E-state index is 11.7. The molecule has 2 nitrogen and oxygen atoms in total. The molecule has 0 N–H and O–H groups in total. The maximum atomic E-state index is 11.7. The highest BCUT2D eigenvalue weighted by molar-refractivity contribution is 6.62. The summed E-state index contributed by atoms with van der Waals surface area (Å²) in [6, 6.07) is 0. The van der Waals surface area contributed by atoms with Crippen molar-refractivity contribution in [3.63, 3.8) is 0 Å². The van der Waals surface area contributed by atoms with Crippen LogP contribution in [0.15, 0.2) is 0 Å². The Kier molecular flexibility index (Phi) is 3.06. The lowest BCUT2D eigenvalue weighted by Gasteiger charge is -2.22. The third-order valence-electron chi connectivity index (χ3n) is 2.31. The molecule has 0 aliphatic heterocycles. The van der Waals surface area contributed by atoms with Gasteiger partial charge in [-0.1, -0.05) is 23.2 Å². The number of nitrogens with zero attached hydrogens (tertiary/aromatic N) is 1. The molecule has 0 aromatic rings. The monoisotopic (exact) mass is 243 g/mol. The molecule has 0 heterocycles. The molecule has 0 aromatic carbocycles. The minimum absolute atomic E-state index is 0.163. The van der Waals surface area contributed by atoms with Crippen molar-refractivity contribution in [2.75, 3.05) is 13.1 Å². The number of carbonyl (C=O) groups excluding carboxylic acids is 1. The van der Waals surface area contributed by atoms with Gasteiger partial charge in [-0.3, -0.25) is 4.79 Å². The van der Waals surface area contributed by atoms with E-state index in [1.54, 1.807) is 4.90 Å². The van der Waals surface area contributed by atoms with Crippen LogP contribution < -0.4 is 0 Å². The van der Waals surface area contributed by atoms with E-state index in [9.17, 15) is 4.79 Å². The summed E-state index contributed by atoms with van der Waals surface area (Å²) in [5.41, 5.74) is 0. The van der Waals surface area contributed by atoms with Gasteiger partial charge in [0.1, 0.15) is 4.33 Å². The van der Waals surface area contributed by atoms with Crippen molar-refractivity contribution in [1.82, 2.24) is 4.90 Å². The van der Waals surface area contributed by atoms with Crippen molar-refractivity contribution in [2.45, 2.75) is 29.5 Å². The number of carbonyl (C=O) groups is 1. The van der Waals surface area contributed by atoms with E-state index in [-0.39, 0.29) is 5.91 Å². The first-order valence-electron chi connectivity index (χ1n) is 4.25. The van der Waals surface area contributed by atoms with Crippen molar-refractivity contribution in [1.29, 1.82) is 0 Å². The molecule has 5 heteroatoms. The molecule has 0 radical (unpaired) electrons. The third-order valence-corrected chi connectivity index (χ3v) is 4.03. The normalized spacial score (nSPS) is 29.9. The Labute approximate surface area is 93.1 Å². The van der Waals surface area contributed by atoms with E-state index in [0.29, 0.717) is 19.5 Å². The van der Waals surface area contributed by atoms with Gasteiger partial charge >= 0.3 is 0 Å². The van der Waals surface area contributed by atoms with Crippen molar-refractivity contribution in [3.05, 3.63) is 0 Å². The zero-order valence-corrected chi connectivity index (χ0v) is 9.88. The van der Waals surface area contributed by atoms with Crippen LogP contribution in [0.3, 0.4) is 0 Å². The Bertz CT molecular complexity index is 227. The summed E-state index contributed by atoms with van der Waals surface area (Å²) in [6.07, 6.45) is 0.333. The Balaban J connectivity index is 2.69. The number of amides is 1. The van der Waals surface area contributed by atoms with Crippen LogP contribution in [-0.2, 0) is 4.79 Å². The van der Waals surface area contributed by atoms with Gasteiger partial charge in [0.25, 0.3) is 0 Å². The van der Waals surface area contributed by atoms with Crippen LogP contribution in [0.2, 0.25) is 0 Å². The molecule has 0 aromatic heterocycles.